The zero-order valence-electron chi connectivity index (χ0n) is 21.7. The summed E-state index contributed by atoms with van der Waals surface area (Å²) < 4.78 is 29.5. The van der Waals surface area contributed by atoms with E-state index in [1.165, 1.54) is 23.9 Å². The highest BCUT2D eigenvalue weighted by Crippen LogP contribution is 2.24. The first-order valence-corrected chi connectivity index (χ1v) is 14.9. The van der Waals surface area contributed by atoms with Crippen LogP contribution in [-0.2, 0) is 21.4 Å². The first-order chi connectivity index (χ1) is 18.5. The van der Waals surface area contributed by atoms with Crippen LogP contribution in [0, 0.1) is 0 Å². The second kappa shape index (κ2) is 12.2. The molecule has 4 rings (SSSR count). The van der Waals surface area contributed by atoms with Gasteiger partial charge >= 0.3 is 0 Å². The Kier molecular flexibility index (Phi) is 8.96. The monoisotopic (exact) mass is 584 g/mol. The zero-order chi connectivity index (χ0) is 28.0. The summed E-state index contributed by atoms with van der Waals surface area (Å²) in [6, 6.07) is 23.1. The van der Waals surface area contributed by atoms with Crippen LogP contribution >= 0.6 is 23.4 Å². The molecule has 0 saturated carbocycles. The van der Waals surface area contributed by atoms with Gasteiger partial charge in [0.15, 0.2) is 11.0 Å². The number of benzene rings is 3. The summed E-state index contributed by atoms with van der Waals surface area (Å²) in [5.41, 5.74) is 1.66. The number of sulfonamides is 1. The predicted octanol–water partition coefficient (Wildman–Crippen LogP) is 5.34. The lowest BCUT2D eigenvalue weighted by molar-refractivity contribution is -0.113. The summed E-state index contributed by atoms with van der Waals surface area (Å²) in [5.74, 6) is 0.507. The number of halogens is 1. The highest BCUT2D eigenvalue weighted by atomic mass is 35.5. The molecule has 12 heteroatoms. The van der Waals surface area contributed by atoms with E-state index < -0.39 is 15.6 Å². The Bertz CT molecular complexity index is 1520. The van der Waals surface area contributed by atoms with Gasteiger partial charge in [-0.05, 0) is 81.4 Å². The molecule has 0 unspecified atom stereocenters. The van der Waals surface area contributed by atoms with Crippen LogP contribution in [0.25, 0.3) is 5.69 Å². The highest BCUT2D eigenvalue weighted by molar-refractivity contribution is 7.99. The van der Waals surface area contributed by atoms with Crippen molar-refractivity contribution >= 4 is 50.7 Å². The molecule has 0 atom stereocenters. The molecule has 3 N–H and O–H groups in total. The maximum absolute atomic E-state index is 12.7. The van der Waals surface area contributed by atoms with Crippen molar-refractivity contribution in [2.45, 2.75) is 42.9 Å². The summed E-state index contributed by atoms with van der Waals surface area (Å²) in [6.45, 7) is 5.73. The Morgan fingerprint density at radius 3 is 2.21 bits per heavy atom. The fourth-order valence-corrected chi connectivity index (χ4v) is 5.92. The van der Waals surface area contributed by atoms with Gasteiger partial charge in [-0.2, -0.15) is 0 Å². The van der Waals surface area contributed by atoms with Crippen LogP contribution in [0.5, 0.6) is 0 Å². The first-order valence-electron chi connectivity index (χ1n) is 12.1. The molecule has 3 aromatic carbocycles. The molecule has 0 aliphatic carbocycles. The van der Waals surface area contributed by atoms with Gasteiger partial charge in [0, 0.05) is 27.6 Å². The number of carbonyl (C=O) groups is 1. The van der Waals surface area contributed by atoms with E-state index in [2.05, 4.69) is 25.6 Å². The van der Waals surface area contributed by atoms with Crippen molar-refractivity contribution in [2.75, 3.05) is 16.4 Å². The largest absolute Gasteiger partial charge is 0.378 e. The Morgan fingerprint density at radius 2 is 1.56 bits per heavy atom. The average Bonchev–Trinajstić information content (AvgIpc) is 3.29. The number of hydrogen-bond donors (Lipinski definition) is 3. The third kappa shape index (κ3) is 8.06. The number of nitrogens with zero attached hydrogens (tertiary/aromatic N) is 3. The second-order valence-corrected chi connectivity index (χ2v) is 12.7. The summed E-state index contributed by atoms with van der Waals surface area (Å²) in [5, 5.41) is 16.0. The van der Waals surface area contributed by atoms with E-state index in [1.807, 2.05) is 47.0 Å². The molecule has 0 fully saturated rings. The van der Waals surface area contributed by atoms with Gasteiger partial charge in [0.2, 0.25) is 15.9 Å². The molecule has 0 saturated heterocycles. The number of anilines is 2. The van der Waals surface area contributed by atoms with Crippen LogP contribution in [-0.4, -0.2) is 40.4 Å². The van der Waals surface area contributed by atoms with E-state index in [9.17, 15) is 13.2 Å². The van der Waals surface area contributed by atoms with Gasteiger partial charge in [-0.25, -0.2) is 13.1 Å². The smallest absolute Gasteiger partial charge is 0.241 e. The molecule has 0 radical (unpaired) electrons. The third-order valence-electron chi connectivity index (χ3n) is 5.23. The summed E-state index contributed by atoms with van der Waals surface area (Å²) in [4.78, 5) is 12.8. The number of nitrogens with one attached hydrogen (secondary N) is 3. The Hall–Kier alpha value is -3.38. The number of hydrogen-bond acceptors (Lipinski definition) is 7. The van der Waals surface area contributed by atoms with Gasteiger partial charge in [-0.3, -0.25) is 9.36 Å². The van der Waals surface area contributed by atoms with Crippen LogP contribution in [0.3, 0.4) is 0 Å². The van der Waals surface area contributed by atoms with E-state index in [0.717, 1.165) is 11.4 Å². The van der Waals surface area contributed by atoms with E-state index in [-0.39, 0.29) is 16.6 Å². The number of amides is 1. The van der Waals surface area contributed by atoms with Gasteiger partial charge in [0.1, 0.15) is 0 Å². The fourth-order valence-electron chi connectivity index (χ4n) is 3.60. The van der Waals surface area contributed by atoms with E-state index in [4.69, 9.17) is 11.6 Å². The maximum atomic E-state index is 12.7. The Labute approximate surface area is 237 Å². The molecule has 39 heavy (non-hydrogen) atoms. The van der Waals surface area contributed by atoms with Crippen molar-refractivity contribution in [1.29, 1.82) is 0 Å². The molecule has 1 heterocycles. The quantitative estimate of drug-likeness (QED) is 0.215. The van der Waals surface area contributed by atoms with Gasteiger partial charge in [-0.15, -0.1) is 10.2 Å². The molecular weight excluding hydrogens is 556 g/mol. The molecule has 0 aliphatic rings. The SMILES string of the molecule is CC(C)(C)NS(=O)(=O)c1ccc(NC(=O)CSc2nnc(CNc3ccc(Cl)cc3)n2-c2ccccc2)cc1. The second-order valence-electron chi connectivity index (χ2n) is 9.65. The van der Waals surface area contributed by atoms with E-state index >= 15 is 0 Å². The number of thioether (sulfide) groups is 1. The lowest BCUT2D eigenvalue weighted by atomic mass is 10.1. The fraction of sp³-hybridized carbons (Fsp3) is 0.222. The lowest BCUT2D eigenvalue weighted by Gasteiger charge is -2.20. The molecule has 4 aromatic rings. The molecule has 9 nitrogen and oxygen atoms in total. The molecule has 0 bridgehead atoms. The zero-order valence-corrected chi connectivity index (χ0v) is 24.1. The predicted molar refractivity (Wildman–Crippen MR) is 156 cm³/mol. The molecule has 1 aromatic heterocycles. The van der Waals surface area contributed by atoms with Crippen molar-refractivity contribution in [3.8, 4) is 5.69 Å². The van der Waals surface area contributed by atoms with Crippen molar-refractivity contribution in [3.05, 3.63) is 89.7 Å². The Balaban J connectivity index is 1.42. The summed E-state index contributed by atoms with van der Waals surface area (Å²) in [6.07, 6.45) is 0. The van der Waals surface area contributed by atoms with Crippen LogP contribution in [0.1, 0.15) is 26.6 Å². The highest BCUT2D eigenvalue weighted by Gasteiger charge is 2.22. The van der Waals surface area contributed by atoms with E-state index in [0.29, 0.717) is 28.2 Å². The van der Waals surface area contributed by atoms with Crippen molar-refractivity contribution in [1.82, 2.24) is 19.5 Å². The topological polar surface area (TPSA) is 118 Å². The van der Waals surface area contributed by atoms with Crippen LogP contribution < -0.4 is 15.4 Å². The Morgan fingerprint density at radius 1 is 0.923 bits per heavy atom. The minimum atomic E-state index is -3.66. The van der Waals surface area contributed by atoms with Crippen molar-refractivity contribution < 1.29 is 13.2 Å². The molecule has 0 aliphatic heterocycles. The number of carbonyl (C=O) groups excluding carboxylic acids is 1. The first kappa shape index (κ1) is 28.6. The number of aromatic nitrogens is 3. The molecule has 204 valence electrons. The normalized spacial score (nSPS) is 11.8. The van der Waals surface area contributed by atoms with Crippen LogP contribution in [0.2, 0.25) is 5.02 Å². The average molecular weight is 585 g/mol. The molecular formula is C27H29ClN6O3S2. The number of para-hydroxylation sites is 1. The number of rotatable bonds is 10. The lowest BCUT2D eigenvalue weighted by Crippen LogP contribution is -2.40. The minimum absolute atomic E-state index is 0.0845. The van der Waals surface area contributed by atoms with Crippen molar-refractivity contribution in [3.63, 3.8) is 0 Å². The minimum Gasteiger partial charge on any atom is -0.378 e. The standard InChI is InChI=1S/C27H29ClN6O3S2/c1-27(2,3)33-39(36,37)23-15-13-21(14-16-23)30-25(35)18-38-26-32-31-24(34(26)22-7-5-4-6-8-22)17-29-20-11-9-19(28)10-12-20/h4-16,29,33H,17-18H2,1-3H3,(H,30,35). The van der Waals surface area contributed by atoms with Crippen LogP contribution in [0.15, 0.2) is 88.9 Å². The maximum Gasteiger partial charge on any atom is 0.241 e. The van der Waals surface area contributed by atoms with Gasteiger partial charge in [-0.1, -0.05) is 41.6 Å². The van der Waals surface area contributed by atoms with Gasteiger partial charge in [0.05, 0.1) is 17.2 Å². The van der Waals surface area contributed by atoms with Gasteiger partial charge < -0.3 is 10.6 Å². The molecule has 1 amide bonds. The summed E-state index contributed by atoms with van der Waals surface area (Å²) in [7, 11) is -3.66. The summed E-state index contributed by atoms with van der Waals surface area (Å²) >= 11 is 7.23. The van der Waals surface area contributed by atoms with E-state index in [1.54, 1.807) is 45.0 Å². The van der Waals surface area contributed by atoms with Crippen molar-refractivity contribution in [2.24, 2.45) is 0 Å². The van der Waals surface area contributed by atoms with Crippen LogP contribution in [0.4, 0.5) is 11.4 Å². The molecule has 0 spiro atoms. The van der Waals surface area contributed by atoms with Gasteiger partial charge in [0.25, 0.3) is 0 Å². The third-order valence-corrected chi connectivity index (χ3v) is 8.19.